The van der Waals surface area contributed by atoms with Crippen LogP contribution >= 0.6 is 22.9 Å². The summed E-state index contributed by atoms with van der Waals surface area (Å²) < 4.78 is 1.56. The molecule has 2 aromatic heterocycles. The van der Waals surface area contributed by atoms with E-state index < -0.39 is 0 Å². The number of halogens is 1. The van der Waals surface area contributed by atoms with E-state index in [1.54, 1.807) is 16.7 Å². The van der Waals surface area contributed by atoms with Crippen LogP contribution in [0.5, 0.6) is 0 Å². The van der Waals surface area contributed by atoms with Crippen molar-refractivity contribution < 1.29 is 5.32 Å². The topological polar surface area (TPSA) is 51.0 Å². The van der Waals surface area contributed by atoms with Crippen molar-refractivity contribution in [2.24, 2.45) is 0 Å². The van der Waals surface area contributed by atoms with Gasteiger partial charge in [0.25, 0.3) is 5.56 Å². The molecule has 0 amide bonds. The van der Waals surface area contributed by atoms with Crippen LogP contribution in [0, 0.1) is 0 Å². The smallest absolute Gasteiger partial charge is 0.258 e. The molecule has 6 heteroatoms. The predicted molar refractivity (Wildman–Crippen MR) is 80.1 cm³/mol. The van der Waals surface area contributed by atoms with E-state index in [0.717, 1.165) is 27.8 Å². The van der Waals surface area contributed by atoms with E-state index in [0.29, 0.717) is 6.54 Å². The number of thiazole rings is 1. The molecule has 2 N–H and O–H groups in total. The molecule has 3 aromatic rings. The van der Waals surface area contributed by atoms with Crippen LogP contribution < -0.4 is 10.9 Å². The fourth-order valence-corrected chi connectivity index (χ4v) is 2.98. The van der Waals surface area contributed by atoms with Crippen LogP contribution in [-0.4, -0.2) is 9.38 Å². The quantitative estimate of drug-likeness (QED) is 0.797. The fraction of sp³-hybridized carbons (Fsp3) is 0.143. The Morgan fingerprint density at radius 3 is 3.00 bits per heavy atom. The van der Waals surface area contributed by atoms with Crippen molar-refractivity contribution in [1.82, 2.24) is 9.38 Å². The van der Waals surface area contributed by atoms with Gasteiger partial charge >= 0.3 is 0 Å². The third kappa shape index (κ3) is 2.75. The Bertz CT molecular complexity index is 796. The minimum Gasteiger partial charge on any atom is -0.337 e. The van der Waals surface area contributed by atoms with Crippen molar-refractivity contribution in [1.29, 1.82) is 0 Å². The second kappa shape index (κ2) is 5.75. The van der Waals surface area contributed by atoms with Gasteiger partial charge in [0.1, 0.15) is 18.8 Å². The average Bonchev–Trinajstić information content (AvgIpc) is 2.90. The summed E-state index contributed by atoms with van der Waals surface area (Å²) in [7, 11) is 0. The van der Waals surface area contributed by atoms with Gasteiger partial charge in [0.15, 0.2) is 4.96 Å². The molecule has 20 heavy (non-hydrogen) atoms. The Hall–Kier alpha value is -1.69. The molecule has 0 radical (unpaired) electrons. The van der Waals surface area contributed by atoms with Gasteiger partial charge in [-0.2, -0.15) is 0 Å². The first-order chi connectivity index (χ1) is 9.74. The van der Waals surface area contributed by atoms with E-state index in [-0.39, 0.29) is 5.56 Å². The van der Waals surface area contributed by atoms with Crippen LogP contribution in [0.15, 0.2) is 46.7 Å². The minimum atomic E-state index is -0.0302. The Morgan fingerprint density at radius 1 is 1.30 bits per heavy atom. The zero-order valence-electron chi connectivity index (χ0n) is 10.6. The molecule has 1 aromatic carbocycles. The third-order valence-corrected chi connectivity index (χ3v) is 4.16. The molecule has 2 heterocycles. The van der Waals surface area contributed by atoms with Crippen LogP contribution in [0.4, 0.5) is 0 Å². The first-order valence-corrected chi connectivity index (χ1v) is 7.50. The van der Waals surface area contributed by atoms with Gasteiger partial charge in [-0.3, -0.25) is 9.20 Å². The van der Waals surface area contributed by atoms with Gasteiger partial charge in [-0.1, -0.05) is 29.8 Å². The minimum absolute atomic E-state index is 0.0302. The van der Waals surface area contributed by atoms with E-state index in [2.05, 4.69) is 10.3 Å². The molecule has 0 unspecified atom stereocenters. The predicted octanol–water partition coefficient (Wildman–Crippen LogP) is 1.67. The number of rotatable bonds is 4. The summed E-state index contributed by atoms with van der Waals surface area (Å²) >= 11 is 7.57. The zero-order chi connectivity index (χ0) is 13.9. The van der Waals surface area contributed by atoms with Crippen LogP contribution in [0.3, 0.4) is 0 Å². The monoisotopic (exact) mass is 306 g/mol. The number of benzene rings is 1. The van der Waals surface area contributed by atoms with Gasteiger partial charge in [0.2, 0.25) is 0 Å². The number of quaternary nitrogens is 1. The molecule has 0 atom stereocenters. The van der Waals surface area contributed by atoms with E-state index in [4.69, 9.17) is 11.6 Å². The summed E-state index contributed by atoms with van der Waals surface area (Å²) in [5.74, 6) is 0. The number of nitrogens with zero attached hydrogens (tertiary/aromatic N) is 2. The molecule has 0 aliphatic rings. The van der Waals surface area contributed by atoms with Crippen molar-refractivity contribution in [2.75, 3.05) is 0 Å². The first kappa shape index (κ1) is 13.3. The Kier molecular flexibility index (Phi) is 3.82. The van der Waals surface area contributed by atoms with Gasteiger partial charge in [-0.05, 0) is 6.07 Å². The largest absolute Gasteiger partial charge is 0.337 e. The summed E-state index contributed by atoms with van der Waals surface area (Å²) in [6.07, 6.45) is 1.74. The summed E-state index contributed by atoms with van der Waals surface area (Å²) in [4.78, 5) is 17.0. The molecule has 102 valence electrons. The molecular formula is C14H13ClN3OS+. The molecule has 0 bridgehead atoms. The summed E-state index contributed by atoms with van der Waals surface area (Å²) in [6.45, 7) is 1.43. The molecule has 0 aliphatic carbocycles. The lowest BCUT2D eigenvalue weighted by Crippen LogP contribution is -2.81. The van der Waals surface area contributed by atoms with E-state index in [9.17, 15) is 4.79 Å². The maximum Gasteiger partial charge on any atom is 0.258 e. The second-order valence-corrected chi connectivity index (χ2v) is 5.71. The maximum absolute atomic E-state index is 11.8. The lowest BCUT2D eigenvalue weighted by molar-refractivity contribution is -0.686. The Balaban J connectivity index is 1.71. The highest BCUT2D eigenvalue weighted by Gasteiger charge is 2.06. The molecule has 3 rings (SSSR count). The summed E-state index contributed by atoms with van der Waals surface area (Å²) in [5, 5.41) is 4.72. The first-order valence-electron chi connectivity index (χ1n) is 6.25. The number of hydrogen-bond acceptors (Lipinski definition) is 3. The summed E-state index contributed by atoms with van der Waals surface area (Å²) in [6, 6.07) is 9.36. The van der Waals surface area contributed by atoms with E-state index in [1.807, 2.05) is 29.6 Å². The molecule has 0 aliphatic heterocycles. The lowest BCUT2D eigenvalue weighted by Gasteiger charge is -2.03. The van der Waals surface area contributed by atoms with Crippen molar-refractivity contribution >= 4 is 27.9 Å². The van der Waals surface area contributed by atoms with Crippen molar-refractivity contribution in [3.63, 3.8) is 0 Å². The van der Waals surface area contributed by atoms with E-state index >= 15 is 0 Å². The average molecular weight is 307 g/mol. The van der Waals surface area contributed by atoms with Crippen LogP contribution in [0.2, 0.25) is 5.02 Å². The van der Waals surface area contributed by atoms with Gasteiger partial charge in [0.05, 0.1) is 0 Å². The molecule has 0 saturated heterocycles. The van der Waals surface area contributed by atoms with Crippen molar-refractivity contribution in [2.45, 2.75) is 13.1 Å². The standard InChI is InChI=1S/C14H12ClN3OS/c15-12-4-2-1-3-10(12)8-16-9-11-7-13(19)18-5-6-20-14(18)17-11/h1-7,16H,8-9H2/p+1. The lowest BCUT2D eigenvalue weighted by atomic mass is 10.2. The zero-order valence-corrected chi connectivity index (χ0v) is 12.2. The highest BCUT2D eigenvalue weighted by Crippen LogP contribution is 2.13. The van der Waals surface area contributed by atoms with Crippen LogP contribution in [0.25, 0.3) is 4.96 Å². The fourth-order valence-electron chi connectivity index (χ4n) is 2.03. The molecular weight excluding hydrogens is 294 g/mol. The van der Waals surface area contributed by atoms with Gasteiger partial charge in [-0.15, -0.1) is 11.3 Å². The second-order valence-electron chi connectivity index (χ2n) is 4.43. The molecule has 0 saturated carbocycles. The highest BCUT2D eigenvalue weighted by atomic mass is 35.5. The van der Waals surface area contributed by atoms with Crippen molar-refractivity contribution in [3.05, 3.63) is 68.5 Å². The normalized spacial score (nSPS) is 11.1. The molecule has 0 spiro atoms. The Morgan fingerprint density at radius 2 is 2.15 bits per heavy atom. The molecule has 0 fully saturated rings. The number of hydrogen-bond donors (Lipinski definition) is 1. The number of nitrogens with two attached hydrogens (primary N) is 1. The van der Waals surface area contributed by atoms with Gasteiger partial charge in [-0.25, -0.2) is 4.98 Å². The van der Waals surface area contributed by atoms with Gasteiger partial charge in [0, 0.05) is 28.2 Å². The van der Waals surface area contributed by atoms with E-state index in [1.165, 1.54) is 11.3 Å². The molecule has 4 nitrogen and oxygen atoms in total. The number of fused-ring (bicyclic) bond motifs is 1. The highest BCUT2D eigenvalue weighted by molar-refractivity contribution is 7.15. The SMILES string of the molecule is O=c1cc(C[NH2+]Cc2ccccc2Cl)nc2sccn12. The van der Waals surface area contributed by atoms with Crippen molar-refractivity contribution in [3.8, 4) is 0 Å². The summed E-state index contributed by atoms with van der Waals surface area (Å²) in [5.41, 5.74) is 1.85. The number of aromatic nitrogens is 2. The Labute approximate surface area is 124 Å². The third-order valence-electron chi connectivity index (χ3n) is 3.03. The maximum atomic E-state index is 11.8. The van der Waals surface area contributed by atoms with Crippen LogP contribution in [0.1, 0.15) is 11.3 Å². The van der Waals surface area contributed by atoms with Crippen LogP contribution in [-0.2, 0) is 13.1 Å². The van der Waals surface area contributed by atoms with Gasteiger partial charge < -0.3 is 5.32 Å².